The smallest absolute Gasteiger partial charge is 0.406 e. The van der Waals surface area contributed by atoms with Gasteiger partial charge in [-0.25, -0.2) is 14.5 Å². The van der Waals surface area contributed by atoms with Crippen LogP contribution in [-0.4, -0.2) is 44.6 Å². The Bertz CT molecular complexity index is 1580. The minimum Gasteiger partial charge on any atom is -0.406 e. The molecule has 5 rings (SSSR count). The molecule has 3 aromatic carbocycles. The molecule has 0 unspecified atom stereocenters. The lowest BCUT2D eigenvalue weighted by atomic mass is 9.95. The maximum absolute atomic E-state index is 12.7. The summed E-state index contributed by atoms with van der Waals surface area (Å²) in [6.07, 6.45) is -3.27. The highest BCUT2D eigenvalue weighted by Gasteiger charge is 2.31. The number of amides is 2. The Morgan fingerprint density at radius 3 is 2.52 bits per heavy atom. The van der Waals surface area contributed by atoms with Gasteiger partial charge in [-0.05, 0) is 59.9 Å². The molecule has 1 saturated heterocycles. The molecule has 8 nitrogen and oxygen atoms in total. The lowest BCUT2D eigenvalue weighted by molar-refractivity contribution is -0.274. The van der Waals surface area contributed by atoms with Crippen LogP contribution in [-0.2, 0) is 6.54 Å². The molecule has 218 valence electrons. The molecule has 1 N–H and O–H groups in total. The molecule has 0 spiro atoms. The second kappa shape index (κ2) is 12.3. The van der Waals surface area contributed by atoms with Crippen molar-refractivity contribution >= 4 is 28.6 Å². The summed E-state index contributed by atoms with van der Waals surface area (Å²) in [5.41, 5.74) is 5.75. The number of ether oxygens (including phenoxy) is 1. The van der Waals surface area contributed by atoms with Crippen LogP contribution in [0.1, 0.15) is 36.5 Å². The third-order valence-corrected chi connectivity index (χ3v) is 7.58. The Balaban J connectivity index is 1.20. The predicted octanol–water partition coefficient (Wildman–Crippen LogP) is 7.08. The van der Waals surface area contributed by atoms with Crippen LogP contribution in [0.5, 0.6) is 5.75 Å². The molecular formula is C30H29F3N6O2S. The summed E-state index contributed by atoms with van der Waals surface area (Å²) in [7, 11) is 0. The Morgan fingerprint density at radius 1 is 1.10 bits per heavy atom. The zero-order chi connectivity index (χ0) is 29.9. The summed E-state index contributed by atoms with van der Waals surface area (Å²) in [5.74, 6) is 1.34. The van der Waals surface area contributed by atoms with Crippen molar-refractivity contribution in [2.75, 3.05) is 17.2 Å². The normalized spacial score (nSPS) is 14.5. The molecule has 0 bridgehead atoms. The SMILES string of the molecule is Cc1cccc(N2CCS/C2=N\C(=O)NCc2ccc(-c3ncn(-c4ccc(OC(F)(F)F)cc4)n3)cc2)c1C(C)C. The number of hydrogen-bond acceptors (Lipinski definition) is 5. The van der Waals surface area contributed by atoms with Crippen LogP contribution in [0.15, 0.2) is 78.0 Å². The van der Waals surface area contributed by atoms with Gasteiger partial charge in [0.15, 0.2) is 11.0 Å². The number of carbonyl (C=O) groups is 1. The van der Waals surface area contributed by atoms with Crippen molar-refractivity contribution in [1.29, 1.82) is 0 Å². The summed E-state index contributed by atoms with van der Waals surface area (Å²) in [5, 5.41) is 7.98. The summed E-state index contributed by atoms with van der Waals surface area (Å²) in [6.45, 7) is 7.55. The van der Waals surface area contributed by atoms with E-state index in [0.717, 1.165) is 29.1 Å². The molecule has 0 radical (unpaired) electrons. The number of amidine groups is 1. The number of nitrogens with one attached hydrogen (secondary N) is 1. The summed E-state index contributed by atoms with van der Waals surface area (Å²) in [4.78, 5) is 23.5. The fraction of sp³-hybridized carbons (Fsp3) is 0.267. The van der Waals surface area contributed by atoms with Crippen molar-refractivity contribution in [3.8, 4) is 22.8 Å². The highest BCUT2D eigenvalue weighted by Crippen LogP contribution is 2.34. The third-order valence-electron chi connectivity index (χ3n) is 6.63. The van der Waals surface area contributed by atoms with E-state index in [9.17, 15) is 18.0 Å². The molecule has 12 heteroatoms. The van der Waals surface area contributed by atoms with Crippen molar-refractivity contribution in [3.63, 3.8) is 0 Å². The van der Waals surface area contributed by atoms with Gasteiger partial charge in [-0.1, -0.05) is 62.0 Å². The average Bonchev–Trinajstić information content (AvgIpc) is 3.62. The molecule has 1 fully saturated rings. The first-order valence-corrected chi connectivity index (χ1v) is 14.3. The second-order valence-corrected chi connectivity index (χ2v) is 11.0. The van der Waals surface area contributed by atoms with Gasteiger partial charge in [0.05, 0.1) is 5.69 Å². The minimum absolute atomic E-state index is 0.302. The zero-order valence-corrected chi connectivity index (χ0v) is 24.0. The number of nitrogens with zero attached hydrogens (tertiary/aromatic N) is 5. The summed E-state index contributed by atoms with van der Waals surface area (Å²) in [6, 6.07) is 18.6. The van der Waals surface area contributed by atoms with Gasteiger partial charge in [-0.2, -0.15) is 4.99 Å². The fourth-order valence-electron chi connectivity index (χ4n) is 4.77. The Hall–Kier alpha value is -4.32. The molecule has 0 atom stereocenters. The number of aliphatic imine (C=N–C) groups is 1. The van der Waals surface area contributed by atoms with Crippen LogP contribution in [0.25, 0.3) is 17.1 Å². The number of thioether (sulfide) groups is 1. The first kappa shape index (κ1) is 29.2. The number of aryl methyl sites for hydroxylation is 1. The molecule has 0 saturated carbocycles. The van der Waals surface area contributed by atoms with Gasteiger partial charge >= 0.3 is 12.4 Å². The quantitative estimate of drug-likeness (QED) is 0.246. The van der Waals surface area contributed by atoms with Gasteiger partial charge in [-0.15, -0.1) is 18.3 Å². The number of aromatic nitrogens is 3. The van der Waals surface area contributed by atoms with E-state index in [2.05, 4.69) is 62.9 Å². The highest BCUT2D eigenvalue weighted by molar-refractivity contribution is 8.14. The van der Waals surface area contributed by atoms with Crippen LogP contribution >= 0.6 is 11.8 Å². The Morgan fingerprint density at radius 2 is 1.83 bits per heavy atom. The standard InChI is InChI=1S/C30H29F3N6O2S/c1-19(2)26-20(3)5-4-6-25(26)38-15-16-42-29(38)36-28(40)34-17-21-7-9-22(10-8-21)27-35-18-39(37-27)23-11-13-24(14-12-23)41-30(31,32)33/h4-14,18-19H,15-17H2,1-3H3,(H,34,40)/b36-29-. The molecule has 4 aromatic rings. The van der Waals surface area contributed by atoms with Gasteiger partial charge in [-0.3, -0.25) is 0 Å². The first-order chi connectivity index (χ1) is 20.1. The molecule has 1 aliphatic rings. The van der Waals surface area contributed by atoms with Crippen molar-refractivity contribution in [1.82, 2.24) is 20.1 Å². The van der Waals surface area contributed by atoms with Crippen LogP contribution in [0.3, 0.4) is 0 Å². The number of carbonyl (C=O) groups excluding carboxylic acids is 1. The van der Waals surface area contributed by atoms with Gasteiger partial charge in [0.25, 0.3) is 0 Å². The fourth-order valence-corrected chi connectivity index (χ4v) is 5.71. The van der Waals surface area contributed by atoms with Gasteiger partial charge in [0, 0.05) is 30.1 Å². The third kappa shape index (κ3) is 6.93. The lowest BCUT2D eigenvalue weighted by Crippen LogP contribution is -2.28. The number of alkyl halides is 3. The monoisotopic (exact) mass is 594 g/mol. The minimum atomic E-state index is -4.75. The maximum Gasteiger partial charge on any atom is 0.573 e. The Labute approximate surface area is 245 Å². The molecule has 1 aliphatic heterocycles. The van der Waals surface area contributed by atoms with E-state index < -0.39 is 12.4 Å². The van der Waals surface area contributed by atoms with E-state index >= 15 is 0 Å². The number of urea groups is 1. The number of benzene rings is 3. The number of halogens is 3. The van der Waals surface area contributed by atoms with E-state index in [4.69, 9.17) is 0 Å². The van der Waals surface area contributed by atoms with Crippen molar-refractivity contribution in [2.24, 2.45) is 4.99 Å². The molecule has 42 heavy (non-hydrogen) atoms. The molecule has 0 aliphatic carbocycles. The molecule has 1 aromatic heterocycles. The number of rotatable bonds is 7. The molecule has 2 heterocycles. The van der Waals surface area contributed by atoms with Gasteiger partial charge < -0.3 is 15.0 Å². The van der Waals surface area contributed by atoms with E-state index in [1.54, 1.807) is 11.8 Å². The topological polar surface area (TPSA) is 84.6 Å². The van der Waals surface area contributed by atoms with E-state index in [1.807, 2.05) is 30.3 Å². The van der Waals surface area contributed by atoms with E-state index in [1.165, 1.54) is 46.4 Å². The highest BCUT2D eigenvalue weighted by atomic mass is 32.2. The maximum atomic E-state index is 12.7. The first-order valence-electron chi connectivity index (χ1n) is 13.3. The second-order valence-electron chi connectivity index (χ2n) is 9.97. The van der Waals surface area contributed by atoms with Crippen molar-refractivity contribution < 1.29 is 22.7 Å². The average molecular weight is 595 g/mol. The number of anilines is 1. The van der Waals surface area contributed by atoms with Crippen LogP contribution in [0, 0.1) is 6.92 Å². The Kier molecular flexibility index (Phi) is 8.53. The zero-order valence-electron chi connectivity index (χ0n) is 23.2. The van der Waals surface area contributed by atoms with Crippen molar-refractivity contribution in [3.05, 3.63) is 89.7 Å². The van der Waals surface area contributed by atoms with Crippen LogP contribution in [0.2, 0.25) is 0 Å². The van der Waals surface area contributed by atoms with E-state index in [0.29, 0.717) is 29.1 Å². The summed E-state index contributed by atoms with van der Waals surface area (Å²) >= 11 is 1.57. The number of hydrogen-bond donors (Lipinski definition) is 1. The molecular weight excluding hydrogens is 565 g/mol. The lowest BCUT2D eigenvalue weighted by Gasteiger charge is -2.24. The largest absolute Gasteiger partial charge is 0.573 e. The van der Waals surface area contributed by atoms with Crippen LogP contribution < -0.4 is 15.0 Å². The van der Waals surface area contributed by atoms with E-state index in [-0.39, 0.29) is 5.75 Å². The van der Waals surface area contributed by atoms with Gasteiger partial charge in [0.2, 0.25) is 0 Å². The van der Waals surface area contributed by atoms with Gasteiger partial charge in [0.1, 0.15) is 12.1 Å². The molecule has 2 amide bonds. The van der Waals surface area contributed by atoms with Crippen LogP contribution in [0.4, 0.5) is 23.7 Å². The summed E-state index contributed by atoms with van der Waals surface area (Å²) < 4.78 is 42.5. The predicted molar refractivity (Wildman–Crippen MR) is 158 cm³/mol. The van der Waals surface area contributed by atoms with Crippen molar-refractivity contribution in [2.45, 2.75) is 39.6 Å².